The lowest BCUT2D eigenvalue weighted by Gasteiger charge is -2.21. The Morgan fingerprint density at radius 3 is 2.86 bits per heavy atom. The summed E-state index contributed by atoms with van der Waals surface area (Å²) in [5, 5.41) is 0.511. The van der Waals surface area contributed by atoms with E-state index in [-0.39, 0.29) is 5.91 Å². The Morgan fingerprint density at radius 1 is 1.23 bits per heavy atom. The van der Waals surface area contributed by atoms with E-state index in [0.29, 0.717) is 10.7 Å². The van der Waals surface area contributed by atoms with Crippen molar-refractivity contribution >= 4 is 17.5 Å². The van der Waals surface area contributed by atoms with Crippen molar-refractivity contribution < 1.29 is 9.21 Å². The second-order valence-corrected chi connectivity index (χ2v) is 5.81. The Bertz CT molecular complexity index is 613. The Kier molecular flexibility index (Phi) is 4.75. The molecule has 0 radical (unpaired) electrons. The van der Waals surface area contributed by atoms with E-state index in [1.54, 1.807) is 6.07 Å². The van der Waals surface area contributed by atoms with E-state index in [0.717, 1.165) is 44.7 Å². The zero-order valence-corrected chi connectivity index (χ0v) is 13.0. The molecule has 3 rings (SSSR count). The summed E-state index contributed by atoms with van der Waals surface area (Å²) in [6, 6.07) is 5.52. The van der Waals surface area contributed by atoms with Crippen LogP contribution in [0.1, 0.15) is 22.3 Å². The number of furan rings is 1. The minimum atomic E-state index is 0.0451. The summed E-state index contributed by atoms with van der Waals surface area (Å²) in [4.78, 5) is 20.7. The number of pyridine rings is 1. The van der Waals surface area contributed by atoms with Gasteiger partial charge in [0.05, 0.1) is 11.8 Å². The molecule has 0 spiro atoms. The highest BCUT2D eigenvalue weighted by molar-refractivity contribution is 6.29. The molecule has 0 saturated carbocycles. The highest BCUT2D eigenvalue weighted by atomic mass is 35.5. The highest BCUT2D eigenvalue weighted by Gasteiger charge is 2.20. The van der Waals surface area contributed by atoms with Crippen LogP contribution in [0, 0.1) is 0 Å². The quantitative estimate of drug-likeness (QED) is 0.816. The van der Waals surface area contributed by atoms with E-state index in [2.05, 4.69) is 9.88 Å². The van der Waals surface area contributed by atoms with Crippen molar-refractivity contribution in [3.05, 3.63) is 53.2 Å². The van der Waals surface area contributed by atoms with E-state index in [9.17, 15) is 4.79 Å². The normalized spacial score (nSPS) is 16.5. The van der Waals surface area contributed by atoms with E-state index < -0.39 is 0 Å². The fourth-order valence-electron chi connectivity index (χ4n) is 2.66. The first-order chi connectivity index (χ1) is 10.7. The van der Waals surface area contributed by atoms with Crippen LogP contribution >= 0.6 is 11.6 Å². The van der Waals surface area contributed by atoms with Gasteiger partial charge in [0.15, 0.2) is 0 Å². The van der Waals surface area contributed by atoms with Crippen LogP contribution in [-0.2, 0) is 6.54 Å². The molecule has 5 nitrogen and oxygen atoms in total. The molecule has 22 heavy (non-hydrogen) atoms. The lowest BCUT2D eigenvalue weighted by atomic mass is 10.2. The molecule has 2 aromatic rings. The molecule has 1 amide bonds. The van der Waals surface area contributed by atoms with Crippen molar-refractivity contribution in [1.82, 2.24) is 14.8 Å². The summed E-state index contributed by atoms with van der Waals surface area (Å²) >= 11 is 5.81. The van der Waals surface area contributed by atoms with Gasteiger partial charge in [0.25, 0.3) is 5.91 Å². The first-order valence-electron chi connectivity index (χ1n) is 7.36. The lowest BCUT2D eigenvalue weighted by molar-refractivity contribution is 0.0760. The van der Waals surface area contributed by atoms with Crippen molar-refractivity contribution in [1.29, 1.82) is 0 Å². The molecule has 0 aliphatic carbocycles. The third kappa shape index (κ3) is 3.67. The van der Waals surface area contributed by atoms with Gasteiger partial charge in [-0.3, -0.25) is 9.69 Å². The van der Waals surface area contributed by atoms with Crippen LogP contribution in [0.15, 0.2) is 41.3 Å². The molecule has 0 aromatic carbocycles. The van der Waals surface area contributed by atoms with Crippen molar-refractivity contribution in [2.24, 2.45) is 0 Å². The van der Waals surface area contributed by atoms with E-state index in [1.165, 1.54) is 12.5 Å². The number of carbonyl (C=O) groups is 1. The fourth-order valence-corrected chi connectivity index (χ4v) is 2.77. The summed E-state index contributed by atoms with van der Waals surface area (Å²) in [5.41, 5.74) is 1.76. The van der Waals surface area contributed by atoms with Gasteiger partial charge in [0.2, 0.25) is 0 Å². The molecular weight excluding hydrogens is 302 g/mol. The average molecular weight is 320 g/mol. The largest absolute Gasteiger partial charge is 0.472 e. The lowest BCUT2D eigenvalue weighted by Crippen LogP contribution is -2.34. The Morgan fingerprint density at radius 2 is 2.14 bits per heavy atom. The zero-order chi connectivity index (χ0) is 15.4. The molecule has 0 atom stereocenters. The number of halogens is 1. The predicted molar refractivity (Wildman–Crippen MR) is 83.8 cm³/mol. The highest BCUT2D eigenvalue weighted by Crippen LogP contribution is 2.13. The number of nitrogens with zero attached hydrogens (tertiary/aromatic N) is 3. The molecule has 0 bridgehead atoms. The molecule has 0 N–H and O–H groups in total. The maximum Gasteiger partial charge on any atom is 0.257 e. The van der Waals surface area contributed by atoms with Crippen LogP contribution in [-0.4, -0.2) is 46.9 Å². The summed E-state index contributed by atoms with van der Waals surface area (Å²) in [6.07, 6.45) is 5.81. The van der Waals surface area contributed by atoms with Crippen LogP contribution in [0.4, 0.5) is 0 Å². The third-order valence-electron chi connectivity index (χ3n) is 3.84. The van der Waals surface area contributed by atoms with E-state index in [4.69, 9.17) is 16.0 Å². The van der Waals surface area contributed by atoms with Gasteiger partial charge in [0, 0.05) is 38.9 Å². The summed E-state index contributed by atoms with van der Waals surface area (Å²) in [5.74, 6) is 0.0451. The molecule has 0 unspecified atom stereocenters. The molecular formula is C16H18ClN3O2. The van der Waals surface area contributed by atoms with Crippen molar-refractivity contribution in [3.8, 4) is 0 Å². The van der Waals surface area contributed by atoms with E-state index >= 15 is 0 Å². The van der Waals surface area contributed by atoms with Gasteiger partial charge in [0.1, 0.15) is 11.4 Å². The number of carbonyl (C=O) groups excluding carboxylic acids is 1. The second-order valence-electron chi connectivity index (χ2n) is 5.42. The van der Waals surface area contributed by atoms with Crippen molar-refractivity contribution in [2.45, 2.75) is 13.0 Å². The van der Waals surface area contributed by atoms with Crippen LogP contribution in [0.25, 0.3) is 0 Å². The molecule has 1 aliphatic heterocycles. The third-order valence-corrected chi connectivity index (χ3v) is 4.06. The molecule has 1 aliphatic rings. The number of amides is 1. The zero-order valence-electron chi connectivity index (χ0n) is 12.2. The number of hydrogen-bond acceptors (Lipinski definition) is 4. The summed E-state index contributed by atoms with van der Waals surface area (Å²) in [7, 11) is 0. The first-order valence-corrected chi connectivity index (χ1v) is 7.74. The van der Waals surface area contributed by atoms with Gasteiger partial charge >= 0.3 is 0 Å². The van der Waals surface area contributed by atoms with Crippen LogP contribution in [0.2, 0.25) is 5.15 Å². The molecule has 6 heteroatoms. The van der Waals surface area contributed by atoms with Gasteiger partial charge in [-0.1, -0.05) is 17.7 Å². The van der Waals surface area contributed by atoms with Gasteiger partial charge in [-0.2, -0.15) is 0 Å². The molecule has 3 heterocycles. The smallest absolute Gasteiger partial charge is 0.257 e. The Balaban J connectivity index is 1.58. The fraction of sp³-hybridized carbons (Fsp3) is 0.375. The first kappa shape index (κ1) is 15.1. The molecule has 116 valence electrons. The topological polar surface area (TPSA) is 49.6 Å². The average Bonchev–Trinajstić information content (AvgIpc) is 2.96. The summed E-state index contributed by atoms with van der Waals surface area (Å²) < 4.78 is 4.99. The maximum atomic E-state index is 12.3. The standard InChI is InChI=1S/C16H18ClN3O2/c17-15-3-2-13(10-18-15)11-19-5-1-6-20(8-7-19)16(21)14-4-9-22-12-14/h2-4,9-10,12H,1,5-8,11H2. The number of hydrogen-bond donors (Lipinski definition) is 0. The van der Waals surface area contributed by atoms with Gasteiger partial charge in [-0.25, -0.2) is 4.98 Å². The van der Waals surface area contributed by atoms with Gasteiger partial charge in [-0.15, -0.1) is 0 Å². The number of rotatable bonds is 3. The maximum absolute atomic E-state index is 12.3. The summed E-state index contributed by atoms with van der Waals surface area (Å²) in [6.45, 7) is 4.16. The van der Waals surface area contributed by atoms with Crippen LogP contribution < -0.4 is 0 Å². The van der Waals surface area contributed by atoms with Gasteiger partial charge in [-0.05, 0) is 24.1 Å². The monoisotopic (exact) mass is 319 g/mol. The molecule has 1 saturated heterocycles. The van der Waals surface area contributed by atoms with Crippen LogP contribution in [0.5, 0.6) is 0 Å². The minimum Gasteiger partial charge on any atom is -0.472 e. The molecule has 1 fully saturated rings. The Labute approximate surface area is 134 Å². The van der Waals surface area contributed by atoms with Gasteiger partial charge < -0.3 is 9.32 Å². The number of aromatic nitrogens is 1. The second kappa shape index (κ2) is 6.94. The van der Waals surface area contributed by atoms with Crippen molar-refractivity contribution in [2.75, 3.05) is 26.2 Å². The minimum absolute atomic E-state index is 0.0451. The SMILES string of the molecule is O=C(c1ccoc1)N1CCCN(Cc2ccc(Cl)nc2)CC1. The predicted octanol–water partition coefficient (Wildman–Crippen LogP) is 2.68. The van der Waals surface area contributed by atoms with E-state index in [1.807, 2.05) is 23.2 Å². The van der Waals surface area contributed by atoms with Crippen LogP contribution in [0.3, 0.4) is 0 Å². The molecule has 2 aromatic heterocycles. The van der Waals surface area contributed by atoms with Crippen molar-refractivity contribution in [3.63, 3.8) is 0 Å². The Hall–Kier alpha value is -1.85.